The summed E-state index contributed by atoms with van der Waals surface area (Å²) in [5.74, 6) is 0.576. The average molecular weight is 287 g/mol. The zero-order valence-electron chi connectivity index (χ0n) is 12.7. The van der Waals surface area contributed by atoms with Crippen molar-refractivity contribution in [3.05, 3.63) is 47.8 Å². The summed E-state index contributed by atoms with van der Waals surface area (Å²) in [4.78, 5) is 11.9. The molecule has 1 aromatic heterocycles. The predicted molar refractivity (Wildman–Crippen MR) is 81.1 cm³/mol. The molecule has 2 aromatic rings. The third-order valence-corrected chi connectivity index (χ3v) is 3.26. The number of aryl methyl sites for hydroxylation is 2. The molecule has 0 bridgehead atoms. The standard InChI is InChI=1S/C16H21N3O2/c1-4-19-10-9-14(18-19)13(3)17-16(20)11-21-15-8-6-5-7-12(15)2/h5-10,13H,4,11H2,1-3H3,(H,17,20). The maximum absolute atomic E-state index is 11.9. The summed E-state index contributed by atoms with van der Waals surface area (Å²) < 4.78 is 7.36. The molecular formula is C16H21N3O2. The average Bonchev–Trinajstić information content (AvgIpc) is 2.95. The van der Waals surface area contributed by atoms with Gasteiger partial charge in [0.2, 0.25) is 0 Å². The molecule has 0 fully saturated rings. The number of nitrogens with zero attached hydrogens (tertiary/aromatic N) is 2. The van der Waals surface area contributed by atoms with Gasteiger partial charge in [0.25, 0.3) is 5.91 Å². The van der Waals surface area contributed by atoms with Crippen molar-refractivity contribution in [2.75, 3.05) is 6.61 Å². The van der Waals surface area contributed by atoms with E-state index in [-0.39, 0.29) is 18.6 Å². The number of aromatic nitrogens is 2. The highest BCUT2D eigenvalue weighted by Crippen LogP contribution is 2.16. The molecule has 1 unspecified atom stereocenters. The molecule has 1 N–H and O–H groups in total. The Labute approximate surface area is 124 Å². The number of benzene rings is 1. The molecule has 0 spiro atoms. The van der Waals surface area contributed by atoms with Crippen LogP contribution >= 0.6 is 0 Å². The number of para-hydroxylation sites is 1. The Kier molecular flexibility index (Phi) is 4.98. The Balaban J connectivity index is 1.85. The lowest BCUT2D eigenvalue weighted by Crippen LogP contribution is -2.31. The minimum atomic E-state index is -0.156. The van der Waals surface area contributed by atoms with Gasteiger partial charge in [0.15, 0.2) is 6.61 Å². The van der Waals surface area contributed by atoms with E-state index in [2.05, 4.69) is 10.4 Å². The number of hydrogen-bond acceptors (Lipinski definition) is 3. The lowest BCUT2D eigenvalue weighted by atomic mass is 10.2. The largest absolute Gasteiger partial charge is 0.484 e. The van der Waals surface area contributed by atoms with Crippen LogP contribution in [0.25, 0.3) is 0 Å². The van der Waals surface area contributed by atoms with Crippen LogP contribution in [0.15, 0.2) is 36.5 Å². The van der Waals surface area contributed by atoms with Crippen LogP contribution in [0.1, 0.15) is 31.1 Å². The molecule has 2 rings (SSSR count). The lowest BCUT2D eigenvalue weighted by molar-refractivity contribution is -0.123. The summed E-state index contributed by atoms with van der Waals surface area (Å²) in [6.07, 6.45) is 1.90. The summed E-state index contributed by atoms with van der Waals surface area (Å²) in [7, 11) is 0. The SMILES string of the molecule is CCn1ccc(C(C)NC(=O)COc2ccccc2C)n1. The van der Waals surface area contributed by atoms with Crippen molar-refractivity contribution in [1.29, 1.82) is 0 Å². The third kappa shape index (κ3) is 4.08. The fourth-order valence-corrected chi connectivity index (χ4v) is 2.00. The Morgan fingerprint density at radius 2 is 2.14 bits per heavy atom. The van der Waals surface area contributed by atoms with Gasteiger partial charge in [-0.05, 0) is 38.5 Å². The molecule has 0 saturated carbocycles. The Morgan fingerprint density at radius 1 is 1.38 bits per heavy atom. The van der Waals surface area contributed by atoms with Crippen LogP contribution in [0.2, 0.25) is 0 Å². The van der Waals surface area contributed by atoms with Crippen LogP contribution in [0.5, 0.6) is 5.75 Å². The van der Waals surface area contributed by atoms with Gasteiger partial charge in [0.1, 0.15) is 5.75 Å². The third-order valence-electron chi connectivity index (χ3n) is 3.26. The van der Waals surface area contributed by atoms with Gasteiger partial charge in [0.05, 0.1) is 11.7 Å². The summed E-state index contributed by atoms with van der Waals surface area (Å²) in [5, 5.41) is 7.26. The van der Waals surface area contributed by atoms with Crippen LogP contribution in [0.3, 0.4) is 0 Å². The number of carbonyl (C=O) groups is 1. The van der Waals surface area contributed by atoms with E-state index < -0.39 is 0 Å². The highest BCUT2D eigenvalue weighted by Gasteiger charge is 2.12. The maximum Gasteiger partial charge on any atom is 0.258 e. The van der Waals surface area contributed by atoms with E-state index in [1.165, 1.54) is 0 Å². The highest BCUT2D eigenvalue weighted by atomic mass is 16.5. The topological polar surface area (TPSA) is 56.2 Å². The van der Waals surface area contributed by atoms with Crippen molar-refractivity contribution in [1.82, 2.24) is 15.1 Å². The number of carbonyl (C=O) groups excluding carboxylic acids is 1. The molecule has 1 aromatic carbocycles. The number of ether oxygens (including phenoxy) is 1. The normalized spacial score (nSPS) is 12.0. The summed E-state index contributed by atoms with van der Waals surface area (Å²) in [6.45, 7) is 6.71. The summed E-state index contributed by atoms with van der Waals surface area (Å²) in [5.41, 5.74) is 1.86. The van der Waals surface area contributed by atoms with E-state index in [1.54, 1.807) is 0 Å². The quantitative estimate of drug-likeness (QED) is 0.888. The lowest BCUT2D eigenvalue weighted by Gasteiger charge is -2.13. The molecule has 0 aliphatic heterocycles. The monoisotopic (exact) mass is 287 g/mol. The molecule has 21 heavy (non-hydrogen) atoms. The van der Waals surface area contributed by atoms with Crippen molar-refractivity contribution in [3.63, 3.8) is 0 Å². The second kappa shape index (κ2) is 6.92. The van der Waals surface area contributed by atoms with Crippen LogP contribution in [0.4, 0.5) is 0 Å². The van der Waals surface area contributed by atoms with E-state index in [4.69, 9.17) is 4.74 Å². The van der Waals surface area contributed by atoms with Gasteiger partial charge in [0, 0.05) is 12.7 Å². The molecule has 0 saturated heterocycles. The first kappa shape index (κ1) is 15.1. The van der Waals surface area contributed by atoms with Crippen LogP contribution < -0.4 is 10.1 Å². The first-order valence-corrected chi connectivity index (χ1v) is 7.11. The summed E-state index contributed by atoms with van der Waals surface area (Å²) in [6, 6.07) is 9.42. The second-order valence-electron chi connectivity index (χ2n) is 4.94. The number of rotatable bonds is 6. The molecule has 0 aliphatic rings. The van der Waals surface area contributed by atoms with Crippen molar-refractivity contribution < 1.29 is 9.53 Å². The first-order chi connectivity index (χ1) is 10.1. The van der Waals surface area contributed by atoms with Crippen molar-refractivity contribution in [3.8, 4) is 5.75 Å². The maximum atomic E-state index is 11.9. The van der Waals surface area contributed by atoms with Crippen molar-refractivity contribution in [2.24, 2.45) is 0 Å². The molecule has 5 nitrogen and oxygen atoms in total. The molecule has 1 atom stereocenters. The smallest absolute Gasteiger partial charge is 0.258 e. The minimum Gasteiger partial charge on any atom is -0.484 e. The molecule has 0 radical (unpaired) electrons. The first-order valence-electron chi connectivity index (χ1n) is 7.11. The van der Waals surface area contributed by atoms with Gasteiger partial charge in [-0.1, -0.05) is 18.2 Å². The number of amides is 1. The molecule has 112 valence electrons. The zero-order chi connectivity index (χ0) is 15.2. The van der Waals surface area contributed by atoms with E-state index >= 15 is 0 Å². The molecule has 1 heterocycles. The minimum absolute atomic E-state index is 0.00365. The fourth-order valence-electron chi connectivity index (χ4n) is 2.00. The van der Waals surface area contributed by atoms with Gasteiger partial charge in [-0.2, -0.15) is 5.10 Å². The second-order valence-corrected chi connectivity index (χ2v) is 4.94. The van der Waals surface area contributed by atoms with Crippen LogP contribution in [-0.2, 0) is 11.3 Å². The van der Waals surface area contributed by atoms with E-state index in [0.29, 0.717) is 0 Å². The van der Waals surface area contributed by atoms with Gasteiger partial charge in [-0.3, -0.25) is 9.48 Å². The summed E-state index contributed by atoms with van der Waals surface area (Å²) >= 11 is 0. The predicted octanol–water partition coefficient (Wildman–Crippen LogP) is 2.47. The van der Waals surface area contributed by atoms with Crippen LogP contribution in [-0.4, -0.2) is 22.3 Å². The van der Waals surface area contributed by atoms with E-state index in [1.807, 2.05) is 62.0 Å². The Hall–Kier alpha value is -2.30. The van der Waals surface area contributed by atoms with E-state index in [9.17, 15) is 4.79 Å². The van der Waals surface area contributed by atoms with Gasteiger partial charge >= 0.3 is 0 Å². The molecular weight excluding hydrogens is 266 g/mol. The Bertz CT molecular complexity index is 607. The fraction of sp³-hybridized carbons (Fsp3) is 0.375. The van der Waals surface area contributed by atoms with Crippen LogP contribution in [0, 0.1) is 6.92 Å². The highest BCUT2D eigenvalue weighted by molar-refractivity contribution is 5.77. The zero-order valence-corrected chi connectivity index (χ0v) is 12.7. The molecule has 5 heteroatoms. The van der Waals surface area contributed by atoms with Gasteiger partial charge in [-0.15, -0.1) is 0 Å². The molecule has 0 aliphatic carbocycles. The Morgan fingerprint density at radius 3 is 2.81 bits per heavy atom. The van der Waals surface area contributed by atoms with Gasteiger partial charge < -0.3 is 10.1 Å². The van der Waals surface area contributed by atoms with Gasteiger partial charge in [-0.25, -0.2) is 0 Å². The van der Waals surface area contributed by atoms with Crippen molar-refractivity contribution >= 4 is 5.91 Å². The van der Waals surface area contributed by atoms with Crippen molar-refractivity contribution in [2.45, 2.75) is 33.4 Å². The number of hydrogen-bond donors (Lipinski definition) is 1. The van der Waals surface area contributed by atoms with E-state index in [0.717, 1.165) is 23.6 Å². The molecule has 1 amide bonds. The number of nitrogens with one attached hydrogen (secondary N) is 1.